The zero-order valence-corrected chi connectivity index (χ0v) is 13.0. The van der Waals surface area contributed by atoms with Crippen molar-refractivity contribution in [3.8, 4) is 0 Å². The van der Waals surface area contributed by atoms with Crippen molar-refractivity contribution in [1.82, 2.24) is 5.32 Å². The number of rotatable bonds is 5. The van der Waals surface area contributed by atoms with Gasteiger partial charge in [-0.15, -0.1) is 0 Å². The van der Waals surface area contributed by atoms with Gasteiger partial charge in [0.1, 0.15) is 0 Å². The molecule has 4 nitrogen and oxygen atoms in total. The normalized spacial score (nSPS) is 30.3. The summed E-state index contributed by atoms with van der Waals surface area (Å²) in [6.07, 6.45) is 4.51. The van der Waals surface area contributed by atoms with Crippen LogP contribution in [0.15, 0.2) is 16.8 Å². The molecule has 3 rings (SSSR count). The Labute approximate surface area is 128 Å². The van der Waals surface area contributed by atoms with Crippen LogP contribution in [0.2, 0.25) is 0 Å². The molecule has 1 aromatic rings. The first-order valence-electron chi connectivity index (χ1n) is 7.57. The largest absolute Gasteiger partial charge is 0.469 e. The van der Waals surface area contributed by atoms with Gasteiger partial charge in [0.2, 0.25) is 5.91 Å². The third-order valence-corrected chi connectivity index (χ3v) is 5.67. The van der Waals surface area contributed by atoms with Crippen molar-refractivity contribution in [2.75, 3.05) is 7.11 Å². The van der Waals surface area contributed by atoms with Gasteiger partial charge in [0.05, 0.1) is 13.0 Å². The van der Waals surface area contributed by atoms with Crippen molar-refractivity contribution in [2.45, 2.75) is 38.1 Å². The predicted molar refractivity (Wildman–Crippen MR) is 80.9 cm³/mol. The second-order valence-electron chi connectivity index (χ2n) is 6.11. The quantitative estimate of drug-likeness (QED) is 0.850. The highest BCUT2D eigenvalue weighted by molar-refractivity contribution is 7.07. The molecule has 2 bridgehead atoms. The first-order chi connectivity index (χ1) is 10.2. The summed E-state index contributed by atoms with van der Waals surface area (Å²) in [4.78, 5) is 24.1. The van der Waals surface area contributed by atoms with Crippen LogP contribution >= 0.6 is 11.3 Å². The van der Waals surface area contributed by atoms with Crippen molar-refractivity contribution >= 4 is 23.2 Å². The standard InChI is InChI=1S/C16H21NO3S/c1-20-16(19)14-11-3-4-12(8-11)15(14)17-13(18)5-2-10-6-7-21-9-10/h6-7,9,11-12,14-15H,2-5,8H2,1H3,(H,17,18). The van der Waals surface area contributed by atoms with Crippen LogP contribution in [0.25, 0.3) is 0 Å². The van der Waals surface area contributed by atoms with Crippen molar-refractivity contribution in [1.29, 1.82) is 0 Å². The summed E-state index contributed by atoms with van der Waals surface area (Å²) in [5, 5.41) is 7.20. The highest BCUT2D eigenvalue weighted by atomic mass is 32.1. The molecule has 2 aliphatic rings. The lowest BCUT2D eigenvalue weighted by atomic mass is 9.84. The molecule has 1 heterocycles. The lowest BCUT2D eigenvalue weighted by molar-refractivity contribution is -0.148. The second kappa shape index (κ2) is 6.18. The van der Waals surface area contributed by atoms with Gasteiger partial charge < -0.3 is 10.1 Å². The lowest BCUT2D eigenvalue weighted by Crippen LogP contribution is -2.47. The Kier molecular flexibility index (Phi) is 4.29. The number of methoxy groups -OCH3 is 1. The van der Waals surface area contributed by atoms with E-state index in [1.54, 1.807) is 11.3 Å². The van der Waals surface area contributed by atoms with E-state index in [2.05, 4.69) is 10.7 Å². The lowest BCUT2D eigenvalue weighted by Gasteiger charge is -2.29. The number of aryl methyl sites for hydroxylation is 1. The summed E-state index contributed by atoms with van der Waals surface area (Å²) < 4.78 is 4.93. The van der Waals surface area contributed by atoms with E-state index >= 15 is 0 Å². The fourth-order valence-corrected chi connectivity index (χ4v) is 4.63. The molecule has 1 N–H and O–H groups in total. The molecule has 4 unspecified atom stereocenters. The van der Waals surface area contributed by atoms with Crippen molar-refractivity contribution in [2.24, 2.45) is 17.8 Å². The van der Waals surface area contributed by atoms with Gasteiger partial charge in [-0.05, 0) is 59.9 Å². The number of hydrogen-bond acceptors (Lipinski definition) is 4. The van der Waals surface area contributed by atoms with Gasteiger partial charge in [0.15, 0.2) is 0 Å². The third kappa shape index (κ3) is 2.98. The summed E-state index contributed by atoms with van der Waals surface area (Å²) in [6, 6.07) is 2.03. The SMILES string of the molecule is COC(=O)C1C2CCC(C2)C1NC(=O)CCc1ccsc1. The Hall–Kier alpha value is -1.36. The van der Waals surface area contributed by atoms with Gasteiger partial charge in [0, 0.05) is 12.5 Å². The molecule has 0 aromatic carbocycles. The van der Waals surface area contributed by atoms with Gasteiger partial charge >= 0.3 is 5.97 Å². The van der Waals surface area contributed by atoms with Crippen LogP contribution in [0.5, 0.6) is 0 Å². The van der Waals surface area contributed by atoms with Crippen LogP contribution in [-0.2, 0) is 20.7 Å². The average molecular weight is 307 g/mol. The molecule has 2 fully saturated rings. The number of fused-ring (bicyclic) bond motifs is 2. The summed E-state index contributed by atoms with van der Waals surface area (Å²) in [6.45, 7) is 0. The Bertz CT molecular complexity index is 514. The maximum absolute atomic E-state index is 12.2. The van der Waals surface area contributed by atoms with E-state index in [0.717, 1.165) is 25.7 Å². The summed E-state index contributed by atoms with van der Waals surface area (Å²) in [5.41, 5.74) is 1.20. The molecule has 2 saturated carbocycles. The van der Waals surface area contributed by atoms with Crippen LogP contribution < -0.4 is 5.32 Å². The van der Waals surface area contributed by atoms with Gasteiger partial charge in [-0.3, -0.25) is 9.59 Å². The molecular formula is C16H21NO3S. The maximum Gasteiger partial charge on any atom is 0.311 e. The van der Waals surface area contributed by atoms with Crippen molar-refractivity contribution in [3.63, 3.8) is 0 Å². The molecule has 114 valence electrons. The van der Waals surface area contributed by atoms with E-state index < -0.39 is 0 Å². The summed E-state index contributed by atoms with van der Waals surface area (Å²) in [5.74, 6) is 0.589. The number of thiophene rings is 1. The second-order valence-corrected chi connectivity index (χ2v) is 6.89. The van der Waals surface area contributed by atoms with Gasteiger partial charge in [0.25, 0.3) is 0 Å². The molecule has 0 spiro atoms. The number of esters is 1. The molecule has 1 aromatic heterocycles. The molecule has 0 radical (unpaired) electrons. The molecule has 21 heavy (non-hydrogen) atoms. The van der Waals surface area contributed by atoms with Gasteiger partial charge in [-0.25, -0.2) is 0 Å². The van der Waals surface area contributed by atoms with Crippen molar-refractivity contribution in [3.05, 3.63) is 22.4 Å². The van der Waals surface area contributed by atoms with Crippen LogP contribution in [0, 0.1) is 17.8 Å². The molecule has 5 heteroatoms. The zero-order valence-electron chi connectivity index (χ0n) is 12.2. The fourth-order valence-electron chi connectivity index (χ4n) is 3.93. The van der Waals surface area contributed by atoms with Gasteiger partial charge in [-0.2, -0.15) is 11.3 Å². The van der Waals surface area contributed by atoms with Crippen LogP contribution in [-0.4, -0.2) is 25.0 Å². The van der Waals surface area contributed by atoms with E-state index in [1.807, 2.05) is 11.4 Å². The number of carbonyl (C=O) groups excluding carboxylic acids is 2. The molecule has 0 aliphatic heterocycles. The maximum atomic E-state index is 12.2. The first-order valence-corrected chi connectivity index (χ1v) is 8.51. The van der Waals surface area contributed by atoms with Gasteiger partial charge in [-0.1, -0.05) is 0 Å². The average Bonchev–Trinajstić information content (AvgIpc) is 3.21. The molecular weight excluding hydrogens is 286 g/mol. The fraction of sp³-hybridized carbons (Fsp3) is 0.625. The summed E-state index contributed by atoms with van der Waals surface area (Å²) in [7, 11) is 1.43. The van der Waals surface area contributed by atoms with Crippen LogP contribution in [0.4, 0.5) is 0 Å². The Morgan fingerprint density at radius 3 is 2.90 bits per heavy atom. The number of ether oxygens (including phenoxy) is 1. The van der Waals surface area contributed by atoms with E-state index in [9.17, 15) is 9.59 Å². The zero-order chi connectivity index (χ0) is 14.8. The minimum absolute atomic E-state index is 0.0221. The molecule has 0 saturated heterocycles. The topological polar surface area (TPSA) is 55.4 Å². The Morgan fingerprint density at radius 2 is 2.19 bits per heavy atom. The van der Waals surface area contributed by atoms with Crippen LogP contribution in [0.3, 0.4) is 0 Å². The number of hydrogen-bond donors (Lipinski definition) is 1. The molecule has 4 atom stereocenters. The highest BCUT2D eigenvalue weighted by Gasteiger charge is 2.51. The monoisotopic (exact) mass is 307 g/mol. The predicted octanol–water partition coefficient (Wildman–Crippen LogP) is 2.38. The number of nitrogens with one attached hydrogen (secondary N) is 1. The molecule has 1 amide bonds. The molecule has 2 aliphatic carbocycles. The van der Waals surface area contributed by atoms with E-state index in [4.69, 9.17) is 4.74 Å². The Morgan fingerprint density at radius 1 is 1.38 bits per heavy atom. The van der Waals surface area contributed by atoms with E-state index in [1.165, 1.54) is 12.7 Å². The first kappa shape index (κ1) is 14.6. The van der Waals surface area contributed by atoms with Crippen molar-refractivity contribution < 1.29 is 14.3 Å². The number of carbonyl (C=O) groups is 2. The minimum Gasteiger partial charge on any atom is -0.469 e. The number of amides is 1. The highest BCUT2D eigenvalue weighted by Crippen LogP contribution is 2.48. The Balaban J connectivity index is 1.57. The summed E-state index contributed by atoms with van der Waals surface area (Å²) >= 11 is 1.65. The van der Waals surface area contributed by atoms with E-state index in [0.29, 0.717) is 18.3 Å². The smallest absolute Gasteiger partial charge is 0.311 e. The van der Waals surface area contributed by atoms with E-state index in [-0.39, 0.29) is 23.8 Å². The minimum atomic E-state index is -0.162. The van der Waals surface area contributed by atoms with Crippen LogP contribution in [0.1, 0.15) is 31.2 Å². The third-order valence-electron chi connectivity index (χ3n) is 4.94.